The number of hydrogen-bond acceptors (Lipinski definition) is 5. The largest absolute Gasteiger partial charge is 0.461 e. The topological polar surface area (TPSA) is 64.4 Å². The van der Waals surface area contributed by atoms with Gasteiger partial charge >= 0.3 is 5.97 Å². The third-order valence-electron chi connectivity index (χ3n) is 7.92. The summed E-state index contributed by atoms with van der Waals surface area (Å²) in [5.74, 6) is -0.652. The molecule has 0 amide bonds. The van der Waals surface area contributed by atoms with Crippen molar-refractivity contribution in [1.82, 2.24) is 14.5 Å². The van der Waals surface area contributed by atoms with E-state index in [0.717, 1.165) is 31.2 Å². The first kappa shape index (κ1) is 23.6. The fraction of sp³-hybridized carbons (Fsp3) is 0.323. The van der Waals surface area contributed by atoms with E-state index in [1.54, 1.807) is 6.92 Å². The molecule has 188 valence electrons. The molecule has 3 aromatic carbocycles. The Bertz CT molecular complexity index is 1410. The van der Waals surface area contributed by atoms with Crippen LogP contribution in [-0.2, 0) is 4.74 Å². The number of aromatic nitrogens is 2. The first-order valence-corrected chi connectivity index (χ1v) is 13.2. The molecule has 6 heteroatoms. The average molecular weight is 494 g/mol. The molecule has 0 saturated carbocycles. The van der Waals surface area contributed by atoms with Crippen molar-refractivity contribution < 1.29 is 9.53 Å². The average Bonchev–Trinajstić information content (AvgIpc) is 3.17. The molecule has 2 aliphatic heterocycles. The summed E-state index contributed by atoms with van der Waals surface area (Å²) in [6.07, 6.45) is 3.89. The maximum absolute atomic E-state index is 13.7. The predicted molar refractivity (Wildman–Crippen MR) is 144 cm³/mol. The monoisotopic (exact) mass is 493 g/mol. The molecule has 1 aromatic heterocycles. The summed E-state index contributed by atoms with van der Waals surface area (Å²) in [6, 6.07) is 29.9. The number of nitrogens with zero attached hydrogens (tertiary/aromatic N) is 3. The summed E-state index contributed by atoms with van der Waals surface area (Å²) in [7, 11) is 0. The van der Waals surface area contributed by atoms with E-state index in [2.05, 4.69) is 70.5 Å². The number of piperidine rings is 1. The molecular formula is C31H31N3O3. The van der Waals surface area contributed by atoms with Crippen LogP contribution >= 0.6 is 0 Å². The minimum absolute atomic E-state index is 0.00507. The molecule has 0 spiro atoms. The Morgan fingerprint density at radius 1 is 0.865 bits per heavy atom. The molecule has 3 heterocycles. The van der Waals surface area contributed by atoms with Gasteiger partial charge in [-0.2, -0.15) is 0 Å². The maximum atomic E-state index is 13.7. The lowest BCUT2D eigenvalue weighted by Gasteiger charge is -2.44. The van der Waals surface area contributed by atoms with Crippen molar-refractivity contribution in [2.75, 3.05) is 6.61 Å². The van der Waals surface area contributed by atoms with Gasteiger partial charge in [0, 0.05) is 18.1 Å². The van der Waals surface area contributed by atoms with E-state index in [1.807, 2.05) is 28.8 Å². The Morgan fingerprint density at radius 2 is 1.43 bits per heavy atom. The highest BCUT2D eigenvalue weighted by Gasteiger charge is 2.45. The first-order valence-electron chi connectivity index (χ1n) is 13.2. The maximum Gasteiger partial charge on any atom is 0.362 e. The number of ether oxygens (including phenoxy) is 1. The van der Waals surface area contributed by atoms with Crippen molar-refractivity contribution >= 4 is 17.0 Å². The summed E-state index contributed by atoms with van der Waals surface area (Å²) in [5, 5.41) is 0. The molecule has 37 heavy (non-hydrogen) atoms. The zero-order chi connectivity index (χ0) is 25.4. The first-order chi connectivity index (χ1) is 18.2. The molecule has 2 atom stereocenters. The van der Waals surface area contributed by atoms with Crippen LogP contribution in [0.2, 0.25) is 0 Å². The highest BCUT2D eigenvalue weighted by Crippen LogP contribution is 2.47. The molecule has 2 fully saturated rings. The van der Waals surface area contributed by atoms with Crippen molar-refractivity contribution in [3.63, 3.8) is 0 Å². The van der Waals surface area contributed by atoms with Crippen molar-refractivity contribution in [3.05, 3.63) is 112 Å². The summed E-state index contributed by atoms with van der Waals surface area (Å²) in [6.45, 7) is 1.94. The number of hydrogen-bond donors (Lipinski definition) is 0. The van der Waals surface area contributed by atoms with Gasteiger partial charge in [-0.25, -0.2) is 9.78 Å². The molecule has 6 nitrogen and oxygen atoms in total. The summed E-state index contributed by atoms with van der Waals surface area (Å²) in [5.41, 5.74) is 3.53. The summed E-state index contributed by atoms with van der Waals surface area (Å²) in [4.78, 5) is 33.4. The Balaban J connectivity index is 1.40. The van der Waals surface area contributed by atoms with Crippen LogP contribution in [0.1, 0.15) is 66.3 Å². The van der Waals surface area contributed by atoms with E-state index in [4.69, 9.17) is 4.74 Å². The molecule has 0 aliphatic carbocycles. The normalized spacial score (nSPS) is 21.4. The van der Waals surface area contributed by atoms with Crippen LogP contribution in [-0.4, -0.2) is 39.1 Å². The van der Waals surface area contributed by atoms with Crippen molar-refractivity contribution in [1.29, 1.82) is 0 Å². The lowest BCUT2D eigenvalue weighted by molar-refractivity contribution is 0.0514. The van der Waals surface area contributed by atoms with E-state index in [-0.39, 0.29) is 29.9 Å². The predicted octanol–water partition coefficient (Wildman–Crippen LogP) is 5.53. The summed E-state index contributed by atoms with van der Waals surface area (Å²) < 4.78 is 7.01. The quantitative estimate of drug-likeness (QED) is 0.331. The van der Waals surface area contributed by atoms with Crippen LogP contribution in [0.5, 0.6) is 0 Å². The van der Waals surface area contributed by atoms with Crippen LogP contribution in [0.25, 0.3) is 11.0 Å². The number of rotatable bonds is 6. The summed E-state index contributed by atoms with van der Waals surface area (Å²) >= 11 is 0. The number of esters is 1. The van der Waals surface area contributed by atoms with Gasteiger partial charge in [0.1, 0.15) is 0 Å². The van der Waals surface area contributed by atoms with Gasteiger partial charge in [0.2, 0.25) is 5.69 Å². The van der Waals surface area contributed by atoms with Gasteiger partial charge in [0.25, 0.3) is 5.56 Å². The van der Waals surface area contributed by atoms with Gasteiger partial charge in [-0.3, -0.25) is 9.69 Å². The van der Waals surface area contributed by atoms with E-state index in [0.29, 0.717) is 17.6 Å². The molecule has 6 rings (SSSR count). The molecule has 4 aromatic rings. The van der Waals surface area contributed by atoms with Crippen molar-refractivity contribution in [2.24, 2.45) is 0 Å². The molecular weight excluding hydrogens is 462 g/mol. The van der Waals surface area contributed by atoms with Gasteiger partial charge in [-0.15, -0.1) is 0 Å². The lowest BCUT2D eigenvalue weighted by atomic mass is 9.89. The lowest BCUT2D eigenvalue weighted by Crippen LogP contribution is -2.47. The Labute approximate surface area is 216 Å². The third-order valence-corrected chi connectivity index (χ3v) is 7.92. The zero-order valence-corrected chi connectivity index (χ0v) is 21.0. The van der Waals surface area contributed by atoms with E-state index < -0.39 is 5.97 Å². The van der Waals surface area contributed by atoms with Gasteiger partial charge in [0.05, 0.1) is 23.7 Å². The van der Waals surface area contributed by atoms with E-state index >= 15 is 0 Å². The van der Waals surface area contributed by atoms with E-state index in [1.165, 1.54) is 11.1 Å². The molecule has 0 radical (unpaired) electrons. The minimum atomic E-state index is -0.652. The van der Waals surface area contributed by atoms with Crippen molar-refractivity contribution in [2.45, 2.75) is 56.8 Å². The SMILES string of the molecule is CCOC(=O)c1nc2ccccc2n(C2CC3CCC(C2)N3C(c2ccccc2)c2ccccc2)c1=O. The number of carbonyl (C=O) groups is 1. The molecule has 2 aliphatic rings. The van der Waals surface area contributed by atoms with Crippen LogP contribution in [0.15, 0.2) is 89.7 Å². The second-order valence-electron chi connectivity index (χ2n) is 10.0. The highest BCUT2D eigenvalue weighted by atomic mass is 16.5. The van der Waals surface area contributed by atoms with Gasteiger partial charge < -0.3 is 9.30 Å². The van der Waals surface area contributed by atoms with Crippen LogP contribution < -0.4 is 5.56 Å². The fourth-order valence-electron chi connectivity index (χ4n) is 6.47. The number of benzene rings is 3. The number of para-hydroxylation sites is 2. The van der Waals surface area contributed by atoms with Gasteiger partial charge in [0.15, 0.2) is 0 Å². The molecule has 2 saturated heterocycles. The van der Waals surface area contributed by atoms with E-state index in [9.17, 15) is 9.59 Å². The highest BCUT2D eigenvalue weighted by molar-refractivity contribution is 5.89. The van der Waals surface area contributed by atoms with Crippen molar-refractivity contribution in [3.8, 4) is 0 Å². The van der Waals surface area contributed by atoms with Crippen LogP contribution in [0, 0.1) is 0 Å². The van der Waals surface area contributed by atoms with Gasteiger partial charge in [-0.05, 0) is 55.9 Å². The standard InChI is InChI=1S/C31H31N3O3/c1-2-37-31(36)28-30(35)34(27-16-10-9-15-26(27)32-28)25-19-23-17-18-24(20-25)33(23)29(21-11-5-3-6-12-21)22-13-7-4-8-14-22/h3-16,23-25,29H,2,17-20H2,1H3. The van der Waals surface area contributed by atoms with Gasteiger partial charge in [-0.1, -0.05) is 72.8 Å². The second-order valence-corrected chi connectivity index (χ2v) is 10.0. The molecule has 2 bridgehead atoms. The fourth-order valence-corrected chi connectivity index (χ4v) is 6.47. The molecule has 2 unspecified atom stereocenters. The smallest absolute Gasteiger partial charge is 0.362 e. The Kier molecular flexibility index (Phi) is 6.35. The Hall–Kier alpha value is -3.77. The number of carbonyl (C=O) groups excluding carboxylic acids is 1. The zero-order valence-electron chi connectivity index (χ0n) is 21.0. The van der Waals surface area contributed by atoms with Crippen LogP contribution in [0.4, 0.5) is 0 Å². The Morgan fingerprint density at radius 3 is 2.03 bits per heavy atom. The van der Waals surface area contributed by atoms with Crippen LogP contribution in [0.3, 0.4) is 0 Å². The number of fused-ring (bicyclic) bond motifs is 3. The molecule has 0 N–H and O–H groups in total. The second kappa shape index (κ2) is 9.94. The minimum Gasteiger partial charge on any atom is -0.461 e. The third kappa shape index (κ3) is 4.25.